The largest absolute Gasteiger partial charge is 0.395 e. The van der Waals surface area contributed by atoms with Crippen molar-refractivity contribution in [3.8, 4) is 0 Å². The second-order valence-electron chi connectivity index (χ2n) is 5.78. The maximum Gasteiger partial charge on any atom is 0.276 e. The average Bonchev–Trinajstić information content (AvgIpc) is 2.66. The number of anilines is 1. The first-order chi connectivity index (χ1) is 9.15. The molecule has 0 atom stereocenters. The molecule has 0 aromatic carbocycles. The van der Waals surface area contributed by atoms with Crippen LogP contribution in [0.3, 0.4) is 0 Å². The van der Waals surface area contributed by atoms with Crippen molar-refractivity contribution in [1.82, 2.24) is 20.4 Å². The van der Waals surface area contributed by atoms with Gasteiger partial charge in [-0.25, -0.2) is 0 Å². The van der Waals surface area contributed by atoms with Crippen LogP contribution in [0.5, 0.6) is 0 Å². The summed E-state index contributed by atoms with van der Waals surface area (Å²) in [5, 5.41) is 9.44. The Labute approximate surface area is 118 Å². The van der Waals surface area contributed by atoms with E-state index in [4.69, 9.17) is 5.73 Å². The number of hydrogen-bond donors (Lipinski definition) is 3. The highest BCUT2D eigenvalue weighted by molar-refractivity contribution is 5.99. The predicted molar refractivity (Wildman–Crippen MR) is 77.2 cm³/mol. The number of carbonyl (C=O) groups excluding carboxylic acids is 2. The molecule has 112 valence electrons. The Morgan fingerprint density at radius 2 is 2.00 bits per heavy atom. The topological polar surface area (TPSA) is 104 Å². The summed E-state index contributed by atoms with van der Waals surface area (Å²) in [6.07, 6.45) is 0.667. The van der Waals surface area contributed by atoms with Crippen LogP contribution >= 0.6 is 0 Å². The number of H-pyrrole nitrogens is 1. The van der Waals surface area contributed by atoms with Gasteiger partial charge < -0.3 is 16.0 Å². The first-order valence-electron chi connectivity index (χ1n) is 6.55. The number of amides is 2. The summed E-state index contributed by atoms with van der Waals surface area (Å²) in [6, 6.07) is 0. The molecule has 0 saturated carbocycles. The molecule has 0 aliphatic heterocycles. The molecule has 0 fully saturated rings. The standard InChI is InChI=1S/C13H23N5O2/c1-6-8-10(14)11(17-16-8)12(20)18(5)7-9(19)15-13(2,3)4/h6-7,14H2,1-5H3,(H,15,19)(H,16,17). The van der Waals surface area contributed by atoms with E-state index >= 15 is 0 Å². The molecule has 0 aliphatic rings. The van der Waals surface area contributed by atoms with Crippen LogP contribution in [0, 0.1) is 0 Å². The summed E-state index contributed by atoms with van der Waals surface area (Å²) >= 11 is 0. The number of nitrogens with zero attached hydrogens (tertiary/aromatic N) is 2. The molecule has 1 rings (SSSR count). The summed E-state index contributed by atoms with van der Waals surface area (Å²) in [6.45, 7) is 7.52. The second-order valence-corrected chi connectivity index (χ2v) is 5.78. The summed E-state index contributed by atoms with van der Waals surface area (Å²) in [7, 11) is 1.55. The minimum absolute atomic E-state index is 0.0378. The number of nitrogens with one attached hydrogen (secondary N) is 2. The van der Waals surface area contributed by atoms with Crippen molar-refractivity contribution in [3.63, 3.8) is 0 Å². The van der Waals surface area contributed by atoms with E-state index in [2.05, 4.69) is 15.5 Å². The number of carbonyl (C=O) groups is 2. The molecule has 0 unspecified atom stereocenters. The van der Waals surface area contributed by atoms with Crippen LogP contribution in [0.2, 0.25) is 0 Å². The summed E-state index contributed by atoms with van der Waals surface area (Å²) in [5.74, 6) is -0.597. The molecule has 0 aliphatic carbocycles. The van der Waals surface area contributed by atoms with Crippen molar-refractivity contribution in [3.05, 3.63) is 11.4 Å². The van der Waals surface area contributed by atoms with Gasteiger partial charge in [0.05, 0.1) is 17.9 Å². The lowest BCUT2D eigenvalue weighted by Crippen LogP contribution is -2.46. The number of nitrogens with two attached hydrogens (primary N) is 1. The minimum atomic E-state index is -0.373. The van der Waals surface area contributed by atoms with Gasteiger partial charge in [0.2, 0.25) is 5.91 Å². The monoisotopic (exact) mass is 281 g/mol. The number of likely N-dealkylation sites (N-methyl/N-ethyl adjacent to an activating group) is 1. The number of aromatic amines is 1. The van der Waals surface area contributed by atoms with Crippen molar-refractivity contribution in [2.75, 3.05) is 19.3 Å². The average molecular weight is 281 g/mol. The molecule has 0 spiro atoms. The molecular weight excluding hydrogens is 258 g/mol. The Bertz CT molecular complexity index is 501. The van der Waals surface area contributed by atoms with E-state index in [9.17, 15) is 9.59 Å². The fourth-order valence-electron chi connectivity index (χ4n) is 1.75. The zero-order valence-corrected chi connectivity index (χ0v) is 12.7. The van der Waals surface area contributed by atoms with Gasteiger partial charge in [-0.3, -0.25) is 14.7 Å². The van der Waals surface area contributed by atoms with Gasteiger partial charge in [0.15, 0.2) is 5.69 Å². The fraction of sp³-hybridized carbons (Fsp3) is 0.615. The van der Waals surface area contributed by atoms with E-state index in [1.807, 2.05) is 27.7 Å². The van der Waals surface area contributed by atoms with Crippen molar-refractivity contribution in [1.29, 1.82) is 0 Å². The van der Waals surface area contributed by atoms with Crippen molar-refractivity contribution >= 4 is 17.5 Å². The quantitative estimate of drug-likeness (QED) is 0.749. The smallest absolute Gasteiger partial charge is 0.276 e. The number of nitrogen functional groups attached to an aromatic ring is 1. The number of rotatable bonds is 4. The van der Waals surface area contributed by atoms with Gasteiger partial charge in [0, 0.05) is 12.6 Å². The van der Waals surface area contributed by atoms with Crippen molar-refractivity contribution < 1.29 is 9.59 Å². The van der Waals surface area contributed by atoms with Gasteiger partial charge in [-0.2, -0.15) is 5.10 Å². The Hall–Kier alpha value is -2.05. The van der Waals surface area contributed by atoms with Crippen LogP contribution in [0.25, 0.3) is 0 Å². The molecule has 7 nitrogen and oxygen atoms in total. The Morgan fingerprint density at radius 1 is 1.40 bits per heavy atom. The normalized spacial score (nSPS) is 11.2. The lowest BCUT2D eigenvalue weighted by Gasteiger charge is -2.23. The summed E-state index contributed by atoms with van der Waals surface area (Å²) in [5.41, 5.74) is 6.74. The first kappa shape index (κ1) is 16.0. The third kappa shape index (κ3) is 3.97. The first-order valence-corrected chi connectivity index (χ1v) is 6.55. The Kier molecular flexibility index (Phi) is 4.75. The summed E-state index contributed by atoms with van der Waals surface area (Å²) < 4.78 is 0. The molecule has 4 N–H and O–H groups in total. The van der Waals surface area contributed by atoms with Crippen LogP contribution in [-0.4, -0.2) is 46.0 Å². The minimum Gasteiger partial charge on any atom is -0.395 e. The van der Waals surface area contributed by atoms with Crippen molar-refractivity contribution in [2.24, 2.45) is 0 Å². The maximum absolute atomic E-state index is 12.2. The Balaban J connectivity index is 2.72. The van der Waals surface area contributed by atoms with Crippen molar-refractivity contribution in [2.45, 2.75) is 39.7 Å². The molecule has 20 heavy (non-hydrogen) atoms. The van der Waals surface area contributed by atoms with E-state index in [1.165, 1.54) is 4.90 Å². The number of hydrogen-bond acceptors (Lipinski definition) is 4. The predicted octanol–water partition coefficient (Wildman–Crippen LogP) is 0.541. The van der Waals surface area contributed by atoms with E-state index in [0.717, 1.165) is 5.69 Å². The third-order valence-electron chi connectivity index (χ3n) is 2.68. The highest BCUT2D eigenvalue weighted by Gasteiger charge is 2.23. The number of aryl methyl sites for hydroxylation is 1. The molecule has 0 radical (unpaired) electrons. The fourth-order valence-corrected chi connectivity index (χ4v) is 1.75. The number of aromatic nitrogens is 2. The highest BCUT2D eigenvalue weighted by atomic mass is 16.2. The second kappa shape index (κ2) is 5.94. The Morgan fingerprint density at radius 3 is 2.45 bits per heavy atom. The van der Waals surface area contributed by atoms with Gasteiger partial charge >= 0.3 is 0 Å². The van der Waals surface area contributed by atoms with E-state index in [1.54, 1.807) is 7.05 Å². The van der Waals surface area contributed by atoms with Gasteiger partial charge in [-0.1, -0.05) is 6.92 Å². The molecule has 1 heterocycles. The van der Waals surface area contributed by atoms with Gasteiger partial charge in [-0.15, -0.1) is 0 Å². The van der Waals surface area contributed by atoms with Gasteiger partial charge in [0.1, 0.15) is 0 Å². The van der Waals surface area contributed by atoms with Gasteiger partial charge in [0.25, 0.3) is 5.91 Å². The van der Waals surface area contributed by atoms with Crippen LogP contribution in [0.1, 0.15) is 43.9 Å². The van der Waals surface area contributed by atoms with Crippen LogP contribution < -0.4 is 11.1 Å². The zero-order valence-electron chi connectivity index (χ0n) is 12.7. The van der Waals surface area contributed by atoms with Crippen LogP contribution in [0.15, 0.2) is 0 Å². The van der Waals surface area contributed by atoms with E-state index < -0.39 is 0 Å². The molecule has 2 amide bonds. The molecule has 0 bridgehead atoms. The van der Waals surface area contributed by atoms with Crippen LogP contribution in [0.4, 0.5) is 5.69 Å². The lowest BCUT2D eigenvalue weighted by atomic mass is 10.1. The third-order valence-corrected chi connectivity index (χ3v) is 2.68. The van der Waals surface area contributed by atoms with E-state index in [0.29, 0.717) is 12.1 Å². The van der Waals surface area contributed by atoms with Gasteiger partial charge in [-0.05, 0) is 27.2 Å². The SMILES string of the molecule is CCc1[nH]nc(C(=O)N(C)CC(=O)NC(C)(C)C)c1N. The summed E-state index contributed by atoms with van der Waals surface area (Å²) in [4.78, 5) is 25.3. The van der Waals surface area contributed by atoms with E-state index in [-0.39, 0.29) is 29.6 Å². The molecule has 1 aromatic rings. The lowest BCUT2D eigenvalue weighted by molar-refractivity contribution is -0.122. The zero-order chi connectivity index (χ0) is 15.5. The molecule has 0 saturated heterocycles. The molecule has 1 aromatic heterocycles. The molecular formula is C13H23N5O2. The van der Waals surface area contributed by atoms with Crippen LogP contribution in [-0.2, 0) is 11.2 Å². The molecule has 7 heteroatoms. The maximum atomic E-state index is 12.2. The highest BCUT2D eigenvalue weighted by Crippen LogP contribution is 2.15.